The van der Waals surface area contributed by atoms with Gasteiger partial charge in [-0.3, -0.25) is 0 Å². The Hall–Kier alpha value is -1.09. The van der Waals surface area contributed by atoms with Crippen molar-refractivity contribution >= 4 is 5.82 Å². The lowest BCUT2D eigenvalue weighted by atomic mass is 10.2. The summed E-state index contributed by atoms with van der Waals surface area (Å²) >= 11 is 0. The molecule has 0 saturated carbocycles. The van der Waals surface area contributed by atoms with Gasteiger partial charge in [0.25, 0.3) is 0 Å². The molecule has 102 valence electrons. The zero-order valence-corrected chi connectivity index (χ0v) is 12.2. The third-order valence-electron chi connectivity index (χ3n) is 2.89. The van der Waals surface area contributed by atoms with Gasteiger partial charge in [0, 0.05) is 25.8 Å². The molecule has 0 unspecified atom stereocenters. The molecule has 0 fully saturated rings. The first-order valence-electron chi connectivity index (χ1n) is 7.08. The smallest absolute Gasteiger partial charge is 0.128 e. The van der Waals surface area contributed by atoms with Gasteiger partial charge in [-0.1, -0.05) is 26.8 Å². The number of nitrogens with zero attached hydrogens (tertiary/aromatic N) is 2. The molecule has 0 aliphatic rings. The average Bonchev–Trinajstić information content (AvgIpc) is 2.36. The summed E-state index contributed by atoms with van der Waals surface area (Å²) in [6.07, 6.45) is 3.15. The molecule has 0 aliphatic heterocycles. The van der Waals surface area contributed by atoms with E-state index in [-0.39, 0.29) is 0 Å². The number of pyridine rings is 1. The van der Waals surface area contributed by atoms with Crippen LogP contribution < -0.4 is 10.2 Å². The third kappa shape index (κ3) is 5.05. The van der Waals surface area contributed by atoms with Gasteiger partial charge in [0.05, 0.1) is 0 Å². The van der Waals surface area contributed by atoms with Crippen molar-refractivity contribution in [3.05, 3.63) is 23.9 Å². The summed E-state index contributed by atoms with van der Waals surface area (Å²) < 4.78 is 0. The van der Waals surface area contributed by atoms with Crippen LogP contribution >= 0.6 is 0 Å². The number of nitrogens with one attached hydrogen (secondary N) is 1. The second-order valence-electron chi connectivity index (χ2n) is 5.13. The SMILES string of the molecule is CCCN(CC)c1ccc(CNCC(C)C)cn1. The molecule has 0 aliphatic carbocycles. The lowest BCUT2D eigenvalue weighted by Gasteiger charge is -2.21. The Balaban J connectivity index is 2.50. The monoisotopic (exact) mass is 249 g/mol. The first kappa shape index (κ1) is 15.0. The van der Waals surface area contributed by atoms with Crippen LogP contribution in [-0.4, -0.2) is 24.6 Å². The van der Waals surface area contributed by atoms with Crippen molar-refractivity contribution in [2.24, 2.45) is 5.92 Å². The summed E-state index contributed by atoms with van der Waals surface area (Å²) in [5, 5.41) is 3.44. The number of hydrogen-bond donors (Lipinski definition) is 1. The molecule has 1 aromatic rings. The number of aromatic nitrogens is 1. The first-order valence-corrected chi connectivity index (χ1v) is 7.08. The molecule has 0 bridgehead atoms. The fourth-order valence-corrected chi connectivity index (χ4v) is 1.92. The molecule has 3 heteroatoms. The summed E-state index contributed by atoms with van der Waals surface area (Å²) in [7, 11) is 0. The lowest BCUT2D eigenvalue weighted by molar-refractivity contribution is 0.552. The van der Waals surface area contributed by atoms with Crippen molar-refractivity contribution in [2.45, 2.75) is 40.7 Å². The van der Waals surface area contributed by atoms with Crippen LogP contribution in [0, 0.1) is 5.92 Å². The molecule has 0 amide bonds. The molecule has 1 N–H and O–H groups in total. The quantitative estimate of drug-likeness (QED) is 0.767. The molecule has 1 heterocycles. The van der Waals surface area contributed by atoms with Crippen LogP contribution in [0.3, 0.4) is 0 Å². The highest BCUT2D eigenvalue weighted by Crippen LogP contribution is 2.11. The molecule has 1 rings (SSSR count). The van der Waals surface area contributed by atoms with E-state index in [2.05, 4.69) is 55.0 Å². The Labute approximate surface area is 112 Å². The van der Waals surface area contributed by atoms with E-state index in [1.807, 2.05) is 6.20 Å². The largest absolute Gasteiger partial charge is 0.357 e. The minimum absolute atomic E-state index is 0.692. The van der Waals surface area contributed by atoms with Crippen LogP contribution in [0.25, 0.3) is 0 Å². The normalized spacial score (nSPS) is 10.9. The fourth-order valence-electron chi connectivity index (χ4n) is 1.92. The number of anilines is 1. The second-order valence-corrected chi connectivity index (χ2v) is 5.13. The zero-order valence-electron chi connectivity index (χ0n) is 12.2. The first-order chi connectivity index (χ1) is 8.67. The molecular weight excluding hydrogens is 222 g/mol. The van der Waals surface area contributed by atoms with E-state index in [0.29, 0.717) is 5.92 Å². The minimum atomic E-state index is 0.692. The van der Waals surface area contributed by atoms with Crippen LogP contribution in [0.15, 0.2) is 18.3 Å². The maximum absolute atomic E-state index is 4.55. The Kier molecular flexibility index (Phi) is 6.73. The topological polar surface area (TPSA) is 28.2 Å². The van der Waals surface area contributed by atoms with Gasteiger partial charge in [-0.25, -0.2) is 4.98 Å². The molecule has 0 aromatic carbocycles. The Bertz CT molecular complexity index is 319. The highest BCUT2D eigenvalue weighted by atomic mass is 15.2. The van der Waals surface area contributed by atoms with Crippen LogP contribution in [0.2, 0.25) is 0 Å². The molecule has 0 spiro atoms. The maximum atomic E-state index is 4.55. The average molecular weight is 249 g/mol. The highest BCUT2D eigenvalue weighted by molar-refractivity contribution is 5.38. The summed E-state index contributed by atoms with van der Waals surface area (Å²) in [6, 6.07) is 4.31. The van der Waals surface area contributed by atoms with Gasteiger partial charge in [0.2, 0.25) is 0 Å². The molecule has 0 saturated heterocycles. The van der Waals surface area contributed by atoms with Crippen molar-refractivity contribution in [1.29, 1.82) is 0 Å². The maximum Gasteiger partial charge on any atom is 0.128 e. The van der Waals surface area contributed by atoms with Gasteiger partial charge in [0.15, 0.2) is 0 Å². The van der Waals surface area contributed by atoms with E-state index in [1.165, 1.54) is 5.56 Å². The van der Waals surface area contributed by atoms with Gasteiger partial charge in [-0.2, -0.15) is 0 Å². The summed E-state index contributed by atoms with van der Waals surface area (Å²) in [4.78, 5) is 6.86. The second kappa shape index (κ2) is 8.09. The standard InChI is InChI=1S/C15H27N3/c1-5-9-18(6-2)15-8-7-14(12-17-15)11-16-10-13(3)4/h7-8,12-13,16H,5-6,9-11H2,1-4H3. The summed E-state index contributed by atoms with van der Waals surface area (Å²) in [5.74, 6) is 1.78. The molecule has 0 atom stereocenters. The highest BCUT2D eigenvalue weighted by Gasteiger charge is 2.04. The van der Waals surface area contributed by atoms with Gasteiger partial charge < -0.3 is 10.2 Å². The van der Waals surface area contributed by atoms with Crippen LogP contribution in [-0.2, 0) is 6.54 Å². The van der Waals surface area contributed by atoms with Crippen LogP contribution in [0.1, 0.15) is 39.7 Å². The Morgan fingerprint density at radius 2 is 2.06 bits per heavy atom. The van der Waals surface area contributed by atoms with Gasteiger partial charge in [-0.15, -0.1) is 0 Å². The van der Waals surface area contributed by atoms with Crippen molar-refractivity contribution in [3.8, 4) is 0 Å². The lowest BCUT2D eigenvalue weighted by Crippen LogP contribution is -2.24. The number of rotatable bonds is 8. The van der Waals surface area contributed by atoms with Crippen molar-refractivity contribution in [2.75, 3.05) is 24.5 Å². The molecule has 1 aromatic heterocycles. The molecular formula is C15H27N3. The van der Waals surface area contributed by atoms with Crippen molar-refractivity contribution in [1.82, 2.24) is 10.3 Å². The van der Waals surface area contributed by atoms with Crippen LogP contribution in [0.4, 0.5) is 5.82 Å². The zero-order chi connectivity index (χ0) is 13.4. The number of hydrogen-bond acceptors (Lipinski definition) is 3. The van der Waals surface area contributed by atoms with E-state index in [0.717, 1.165) is 38.4 Å². The van der Waals surface area contributed by atoms with Crippen molar-refractivity contribution < 1.29 is 0 Å². The van der Waals surface area contributed by atoms with E-state index in [9.17, 15) is 0 Å². The predicted molar refractivity (Wildman–Crippen MR) is 79.0 cm³/mol. The van der Waals surface area contributed by atoms with E-state index in [1.54, 1.807) is 0 Å². The third-order valence-corrected chi connectivity index (χ3v) is 2.89. The Morgan fingerprint density at radius 1 is 1.28 bits per heavy atom. The predicted octanol–water partition coefficient (Wildman–Crippen LogP) is 3.06. The van der Waals surface area contributed by atoms with E-state index in [4.69, 9.17) is 0 Å². The Morgan fingerprint density at radius 3 is 2.56 bits per heavy atom. The van der Waals surface area contributed by atoms with E-state index < -0.39 is 0 Å². The molecule has 0 radical (unpaired) electrons. The van der Waals surface area contributed by atoms with E-state index >= 15 is 0 Å². The van der Waals surface area contributed by atoms with Crippen molar-refractivity contribution in [3.63, 3.8) is 0 Å². The van der Waals surface area contributed by atoms with Gasteiger partial charge >= 0.3 is 0 Å². The minimum Gasteiger partial charge on any atom is -0.357 e. The van der Waals surface area contributed by atoms with Gasteiger partial charge in [0.1, 0.15) is 5.82 Å². The van der Waals surface area contributed by atoms with Gasteiger partial charge in [-0.05, 0) is 37.4 Å². The van der Waals surface area contributed by atoms with Crippen LogP contribution in [0.5, 0.6) is 0 Å². The fraction of sp³-hybridized carbons (Fsp3) is 0.667. The molecule has 3 nitrogen and oxygen atoms in total. The summed E-state index contributed by atoms with van der Waals surface area (Å²) in [5.41, 5.74) is 1.26. The molecule has 18 heavy (non-hydrogen) atoms. The summed E-state index contributed by atoms with van der Waals surface area (Å²) in [6.45, 7) is 12.9.